The third-order valence-corrected chi connectivity index (χ3v) is 4.18. The minimum atomic E-state index is -0.321. The first-order valence-corrected chi connectivity index (χ1v) is 7.19. The molecular formula is C15H19N2O4+. The monoisotopic (exact) mass is 291 g/mol. The first kappa shape index (κ1) is 13.9. The number of aromatic nitrogens is 1. The van der Waals surface area contributed by atoms with E-state index in [-0.39, 0.29) is 17.6 Å². The van der Waals surface area contributed by atoms with Gasteiger partial charge in [0.2, 0.25) is 0 Å². The predicted molar refractivity (Wildman–Crippen MR) is 75.9 cm³/mol. The van der Waals surface area contributed by atoms with Gasteiger partial charge in [0.15, 0.2) is 12.3 Å². The third-order valence-electron chi connectivity index (χ3n) is 4.18. The number of quaternary nitrogens is 1. The maximum atomic E-state index is 11.9. The van der Waals surface area contributed by atoms with Crippen LogP contribution in [0.15, 0.2) is 33.5 Å². The molecule has 2 heterocycles. The van der Waals surface area contributed by atoms with Crippen LogP contribution >= 0.6 is 0 Å². The molecule has 0 bridgehead atoms. The molecule has 1 aliphatic heterocycles. The van der Waals surface area contributed by atoms with Crippen LogP contribution in [-0.2, 0) is 16.2 Å². The summed E-state index contributed by atoms with van der Waals surface area (Å²) in [4.78, 5) is 24.7. The summed E-state index contributed by atoms with van der Waals surface area (Å²) in [6, 6.07) is 7.43. The zero-order valence-corrected chi connectivity index (χ0v) is 12.0. The molecule has 2 aromatic rings. The minimum absolute atomic E-state index is 0.00318. The molecule has 1 fully saturated rings. The Hall–Kier alpha value is -2.08. The number of para-hydroxylation sites is 2. The van der Waals surface area contributed by atoms with E-state index < -0.39 is 0 Å². The molecular weight excluding hydrogens is 272 g/mol. The number of nitrogens with one attached hydrogen (secondary N) is 1. The molecule has 0 aliphatic carbocycles. The number of oxazole rings is 1. The zero-order valence-electron chi connectivity index (χ0n) is 12.0. The van der Waals surface area contributed by atoms with E-state index in [4.69, 9.17) is 9.15 Å². The summed E-state index contributed by atoms with van der Waals surface area (Å²) in [7, 11) is 1.43. The second kappa shape index (κ2) is 5.73. The number of likely N-dealkylation sites (tertiary alicyclic amines) is 1. The smallest absolute Gasteiger partial charge is 0.424 e. The molecule has 1 saturated heterocycles. The van der Waals surface area contributed by atoms with Crippen molar-refractivity contribution in [1.29, 1.82) is 0 Å². The molecule has 21 heavy (non-hydrogen) atoms. The fourth-order valence-electron chi connectivity index (χ4n) is 2.97. The maximum absolute atomic E-state index is 11.9. The molecule has 0 amide bonds. The van der Waals surface area contributed by atoms with E-state index in [2.05, 4.69) is 0 Å². The lowest BCUT2D eigenvalue weighted by Gasteiger charge is -2.27. The van der Waals surface area contributed by atoms with E-state index in [1.807, 2.05) is 18.2 Å². The van der Waals surface area contributed by atoms with E-state index in [1.165, 1.54) is 12.0 Å². The van der Waals surface area contributed by atoms with Crippen molar-refractivity contribution in [3.63, 3.8) is 0 Å². The van der Waals surface area contributed by atoms with Crippen LogP contribution < -0.4 is 10.7 Å². The van der Waals surface area contributed by atoms with Gasteiger partial charge in [-0.25, -0.2) is 9.36 Å². The maximum Gasteiger partial charge on any atom is 0.424 e. The van der Waals surface area contributed by atoms with Crippen molar-refractivity contribution >= 4 is 17.1 Å². The fourth-order valence-corrected chi connectivity index (χ4v) is 2.97. The molecule has 0 unspecified atom stereocenters. The number of hydrogen-bond donors (Lipinski definition) is 1. The minimum Gasteiger partial charge on any atom is -0.469 e. The summed E-state index contributed by atoms with van der Waals surface area (Å²) in [5, 5.41) is 0. The van der Waals surface area contributed by atoms with Crippen LogP contribution in [0.3, 0.4) is 0 Å². The number of methoxy groups -OCH3 is 1. The number of carbonyl (C=O) groups is 1. The topological polar surface area (TPSA) is 65.9 Å². The van der Waals surface area contributed by atoms with Crippen LogP contribution in [0.5, 0.6) is 0 Å². The second-order valence-corrected chi connectivity index (χ2v) is 5.47. The van der Waals surface area contributed by atoms with Crippen LogP contribution in [0.2, 0.25) is 0 Å². The number of fused-ring (bicyclic) bond motifs is 1. The van der Waals surface area contributed by atoms with Gasteiger partial charge in [-0.3, -0.25) is 4.79 Å². The van der Waals surface area contributed by atoms with Gasteiger partial charge in [0.1, 0.15) is 0 Å². The number of esters is 1. The average Bonchev–Trinajstić information content (AvgIpc) is 2.83. The Labute approximate surface area is 121 Å². The van der Waals surface area contributed by atoms with Gasteiger partial charge in [0.25, 0.3) is 0 Å². The van der Waals surface area contributed by atoms with Crippen molar-refractivity contribution in [2.75, 3.05) is 20.2 Å². The molecule has 0 saturated carbocycles. The molecule has 6 heteroatoms. The van der Waals surface area contributed by atoms with Crippen LogP contribution in [-0.4, -0.2) is 30.7 Å². The van der Waals surface area contributed by atoms with Gasteiger partial charge in [-0.1, -0.05) is 12.1 Å². The number of nitrogens with zero attached hydrogens (tertiary/aromatic N) is 1. The summed E-state index contributed by atoms with van der Waals surface area (Å²) in [6.45, 7) is 2.28. The SMILES string of the molecule is COC(=O)C1CC[NH+](Cn2c(=O)oc3ccccc32)CC1. The zero-order chi connectivity index (χ0) is 14.8. The summed E-state index contributed by atoms with van der Waals surface area (Å²) in [5.74, 6) is -0.449. The highest BCUT2D eigenvalue weighted by molar-refractivity contribution is 5.72. The van der Waals surface area contributed by atoms with E-state index in [9.17, 15) is 9.59 Å². The van der Waals surface area contributed by atoms with Gasteiger partial charge in [-0.2, -0.15) is 0 Å². The largest absolute Gasteiger partial charge is 0.469 e. The lowest BCUT2D eigenvalue weighted by molar-refractivity contribution is -0.928. The number of carbonyl (C=O) groups excluding carboxylic acids is 1. The van der Waals surface area contributed by atoms with Crippen molar-refractivity contribution in [2.45, 2.75) is 19.5 Å². The highest BCUT2D eigenvalue weighted by atomic mass is 16.5. The number of piperidine rings is 1. The average molecular weight is 291 g/mol. The summed E-state index contributed by atoms with van der Waals surface area (Å²) in [6.07, 6.45) is 1.60. The van der Waals surface area contributed by atoms with E-state index in [1.54, 1.807) is 10.6 Å². The highest BCUT2D eigenvalue weighted by Crippen LogP contribution is 2.12. The number of hydrogen-bond acceptors (Lipinski definition) is 4. The highest BCUT2D eigenvalue weighted by Gasteiger charge is 2.28. The Kier molecular flexibility index (Phi) is 3.79. The molecule has 6 nitrogen and oxygen atoms in total. The number of ether oxygens (including phenoxy) is 1. The summed E-state index contributed by atoms with van der Waals surface area (Å²) < 4.78 is 11.7. The van der Waals surface area contributed by atoms with Crippen LogP contribution in [0.25, 0.3) is 11.1 Å². The molecule has 1 aliphatic rings. The van der Waals surface area contributed by atoms with Crippen molar-refractivity contribution in [2.24, 2.45) is 5.92 Å². The van der Waals surface area contributed by atoms with E-state index >= 15 is 0 Å². The quantitative estimate of drug-likeness (QED) is 0.810. The summed E-state index contributed by atoms with van der Waals surface area (Å²) in [5.41, 5.74) is 1.44. The lowest BCUT2D eigenvalue weighted by Crippen LogP contribution is -3.12. The first-order valence-electron chi connectivity index (χ1n) is 7.19. The molecule has 1 aromatic heterocycles. The van der Waals surface area contributed by atoms with E-state index in [0.29, 0.717) is 12.3 Å². The molecule has 1 aromatic carbocycles. The van der Waals surface area contributed by atoms with Crippen LogP contribution in [0, 0.1) is 5.92 Å². The standard InChI is InChI=1S/C15H18N2O4/c1-20-14(18)11-6-8-16(9-7-11)10-17-12-4-2-3-5-13(12)21-15(17)19/h2-5,11H,6-10H2,1H3/p+1. The lowest BCUT2D eigenvalue weighted by atomic mass is 9.97. The Balaban J connectivity index is 1.71. The van der Waals surface area contributed by atoms with Crippen molar-refractivity contribution in [3.05, 3.63) is 34.8 Å². The van der Waals surface area contributed by atoms with Crippen LogP contribution in [0.4, 0.5) is 0 Å². The van der Waals surface area contributed by atoms with Gasteiger partial charge in [-0.15, -0.1) is 0 Å². The normalized spacial score (nSPS) is 22.3. The number of benzene rings is 1. The summed E-state index contributed by atoms with van der Waals surface area (Å²) >= 11 is 0. The Morgan fingerprint density at radius 3 is 2.81 bits per heavy atom. The molecule has 3 rings (SSSR count). The molecule has 0 spiro atoms. The molecule has 1 N–H and O–H groups in total. The molecule has 0 atom stereocenters. The molecule has 112 valence electrons. The van der Waals surface area contributed by atoms with Gasteiger partial charge < -0.3 is 14.1 Å². The third kappa shape index (κ3) is 2.71. The first-order chi connectivity index (χ1) is 10.2. The van der Waals surface area contributed by atoms with Crippen molar-refractivity contribution < 1.29 is 18.8 Å². The Morgan fingerprint density at radius 1 is 1.38 bits per heavy atom. The Morgan fingerprint density at radius 2 is 2.10 bits per heavy atom. The van der Waals surface area contributed by atoms with E-state index in [0.717, 1.165) is 31.4 Å². The molecule has 0 radical (unpaired) electrons. The van der Waals surface area contributed by atoms with Gasteiger partial charge in [0, 0.05) is 12.8 Å². The second-order valence-electron chi connectivity index (χ2n) is 5.47. The number of rotatable bonds is 3. The fraction of sp³-hybridized carbons (Fsp3) is 0.467. The van der Waals surface area contributed by atoms with Crippen LogP contribution in [0.1, 0.15) is 12.8 Å². The van der Waals surface area contributed by atoms with Gasteiger partial charge in [0.05, 0.1) is 31.6 Å². The van der Waals surface area contributed by atoms with Crippen molar-refractivity contribution in [1.82, 2.24) is 4.57 Å². The van der Waals surface area contributed by atoms with Crippen molar-refractivity contribution in [3.8, 4) is 0 Å². The van der Waals surface area contributed by atoms with Gasteiger partial charge in [-0.05, 0) is 12.1 Å². The van der Waals surface area contributed by atoms with Gasteiger partial charge >= 0.3 is 11.7 Å². The Bertz CT molecular complexity index is 695. The predicted octanol–water partition coefficient (Wildman–Crippen LogP) is 0.0199.